The zero-order valence-electron chi connectivity index (χ0n) is 10.5. The third-order valence-corrected chi connectivity index (χ3v) is 3.04. The van der Waals surface area contributed by atoms with E-state index in [1.165, 1.54) is 11.1 Å². The van der Waals surface area contributed by atoms with Gasteiger partial charge < -0.3 is 33.5 Å². The Kier molecular flexibility index (Phi) is 5.24. The highest BCUT2D eigenvalue weighted by atomic mass is 127. The fourth-order valence-electron chi connectivity index (χ4n) is 2.05. The Labute approximate surface area is 119 Å². The number of likely N-dealkylation sites (N-methyl/N-ethyl adjacent to an activating group) is 1. The second-order valence-corrected chi connectivity index (χ2v) is 3.91. The van der Waals surface area contributed by atoms with E-state index in [-0.39, 0.29) is 24.0 Å². The van der Waals surface area contributed by atoms with E-state index in [0.29, 0.717) is 0 Å². The zero-order chi connectivity index (χ0) is 11.5. The van der Waals surface area contributed by atoms with Crippen LogP contribution in [0.2, 0.25) is 0 Å². The molecule has 0 amide bonds. The Morgan fingerprint density at radius 3 is 2.41 bits per heavy atom. The molecule has 0 bridgehead atoms. The van der Waals surface area contributed by atoms with Crippen molar-refractivity contribution in [2.45, 2.75) is 13.3 Å². The molecule has 3 nitrogen and oxygen atoms in total. The van der Waals surface area contributed by atoms with Crippen LogP contribution in [0.1, 0.15) is 18.1 Å². The SMILES string of the molecule is CC[N+]1=Cc2cc(OC)c(OC)cc2CC1.[I-]. The van der Waals surface area contributed by atoms with Gasteiger partial charge in [-0.3, -0.25) is 0 Å². The molecule has 0 saturated carbocycles. The van der Waals surface area contributed by atoms with Gasteiger partial charge in [0.1, 0.15) is 13.1 Å². The Morgan fingerprint density at radius 1 is 1.18 bits per heavy atom. The van der Waals surface area contributed by atoms with Gasteiger partial charge in [-0.2, -0.15) is 0 Å². The molecule has 17 heavy (non-hydrogen) atoms. The summed E-state index contributed by atoms with van der Waals surface area (Å²) >= 11 is 0. The monoisotopic (exact) mass is 347 g/mol. The molecular weight excluding hydrogens is 329 g/mol. The normalized spacial score (nSPS) is 13.2. The maximum absolute atomic E-state index is 5.31. The third kappa shape index (κ3) is 2.91. The molecule has 1 aromatic carbocycles. The number of nitrogens with zero attached hydrogens (tertiary/aromatic N) is 1. The van der Waals surface area contributed by atoms with Crippen LogP contribution in [0.15, 0.2) is 12.1 Å². The van der Waals surface area contributed by atoms with Gasteiger partial charge in [0.2, 0.25) is 0 Å². The number of fused-ring (bicyclic) bond motifs is 1. The summed E-state index contributed by atoms with van der Waals surface area (Å²) in [6.07, 6.45) is 3.26. The van der Waals surface area contributed by atoms with Gasteiger partial charge in [0, 0.05) is 12.0 Å². The quantitative estimate of drug-likeness (QED) is 0.502. The summed E-state index contributed by atoms with van der Waals surface area (Å²) < 4.78 is 12.9. The molecule has 4 heteroatoms. The molecule has 2 rings (SSSR count). The van der Waals surface area contributed by atoms with Crippen molar-refractivity contribution >= 4 is 6.21 Å². The van der Waals surface area contributed by atoms with E-state index in [9.17, 15) is 0 Å². The molecule has 0 radical (unpaired) electrons. The van der Waals surface area contributed by atoms with E-state index < -0.39 is 0 Å². The van der Waals surface area contributed by atoms with Gasteiger partial charge in [0.15, 0.2) is 17.7 Å². The lowest BCUT2D eigenvalue weighted by molar-refractivity contribution is -0.520. The van der Waals surface area contributed by atoms with E-state index in [4.69, 9.17) is 9.47 Å². The summed E-state index contributed by atoms with van der Waals surface area (Å²) in [6.45, 7) is 4.30. The predicted molar refractivity (Wildman–Crippen MR) is 64.1 cm³/mol. The van der Waals surface area contributed by atoms with Crippen molar-refractivity contribution in [3.8, 4) is 11.5 Å². The maximum Gasteiger partial charge on any atom is 0.171 e. The summed E-state index contributed by atoms with van der Waals surface area (Å²) in [6, 6.07) is 4.13. The Bertz CT molecular complexity index is 430. The van der Waals surface area contributed by atoms with E-state index in [0.717, 1.165) is 31.0 Å². The average molecular weight is 347 g/mol. The van der Waals surface area contributed by atoms with Gasteiger partial charge in [-0.15, -0.1) is 0 Å². The molecule has 0 unspecified atom stereocenters. The fraction of sp³-hybridized carbons (Fsp3) is 0.462. The molecule has 0 aliphatic carbocycles. The molecular formula is C13H18INO2. The summed E-state index contributed by atoms with van der Waals surface area (Å²) in [5.41, 5.74) is 2.58. The summed E-state index contributed by atoms with van der Waals surface area (Å²) in [5.74, 6) is 1.62. The zero-order valence-corrected chi connectivity index (χ0v) is 12.7. The number of hydrogen-bond donors (Lipinski definition) is 0. The van der Waals surface area contributed by atoms with Crippen molar-refractivity contribution in [3.63, 3.8) is 0 Å². The molecule has 94 valence electrons. The molecule has 0 atom stereocenters. The van der Waals surface area contributed by atoms with Crippen LogP contribution in [-0.2, 0) is 6.42 Å². The average Bonchev–Trinajstić information content (AvgIpc) is 2.36. The number of hydrogen-bond acceptors (Lipinski definition) is 2. The van der Waals surface area contributed by atoms with Crippen LogP contribution in [0, 0.1) is 0 Å². The van der Waals surface area contributed by atoms with Gasteiger partial charge in [-0.05, 0) is 24.6 Å². The van der Waals surface area contributed by atoms with Gasteiger partial charge in [0.25, 0.3) is 0 Å². The molecule has 1 aromatic rings. The van der Waals surface area contributed by atoms with E-state index in [1.54, 1.807) is 14.2 Å². The van der Waals surface area contributed by atoms with Gasteiger partial charge in [-0.1, -0.05) is 0 Å². The third-order valence-electron chi connectivity index (χ3n) is 3.04. The first kappa shape index (κ1) is 14.3. The van der Waals surface area contributed by atoms with Gasteiger partial charge >= 0.3 is 0 Å². The second kappa shape index (κ2) is 6.23. The minimum atomic E-state index is 0. The number of ether oxygens (including phenoxy) is 2. The summed E-state index contributed by atoms with van der Waals surface area (Å²) in [7, 11) is 3.35. The van der Waals surface area contributed by atoms with Crippen molar-refractivity contribution in [2.24, 2.45) is 0 Å². The molecule has 0 N–H and O–H groups in total. The van der Waals surface area contributed by atoms with Crippen LogP contribution in [0.5, 0.6) is 11.5 Å². The molecule has 0 fully saturated rings. The van der Waals surface area contributed by atoms with Crippen LogP contribution in [0.4, 0.5) is 0 Å². The second-order valence-electron chi connectivity index (χ2n) is 3.91. The Hall–Kier alpha value is -0.780. The smallest absolute Gasteiger partial charge is 0.171 e. The molecule has 0 saturated heterocycles. The van der Waals surface area contributed by atoms with Crippen LogP contribution in [0.3, 0.4) is 0 Å². The highest BCUT2D eigenvalue weighted by Gasteiger charge is 2.17. The molecule has 1 heterocycles. The maximum atomic E-state index is 5.31. The standard InChI is InChI=1S/C13H18NO2.HI/c1-4-14-6-5-10-7-12(15-2)13(16-3)8-11(10)9-14;/h7-9H,4-6H2,1-3H3;1H/q+1;/p-1. The van der Waals surface area contributed by atoms with Crippen molar-refractivity contribution in [1.29, 1.82) is 0 Å². The molecule has 0 spiro atoms. The molecule has 0 aromatic heterocycles. The number of methoxy groups -OCH3 is 2. The first-order chi connectivity index (χ1) is 7.78. The van der Waals surface area contributed by atoms with E-state index >= 15 is 0 Å². The van der Waals surface area contributed by atoms with Crippen LogP contribution in [-0.4, -0.2) is 38.1 Å². The first-order valence-corrected chi connectivity index (χ1v) is 5.62. The van der Waals surface area contributed by atoms with Crippen molar-refractivity contribution in [2.75, 3.05) is 27.3 Å². The number of halogens is 1. The van der Waals surface area contributed by atoms with E-state index in [2.05, 4.69) is 29.8 Å². The highest BCUT2D eigenvalue weighted by Crippen LogP contribution is 2.30. The van der Waals surface area contributed by atoms with E-state index in [1.807, 2.05) is 0 Å². The van der Waals surface area contributed by atoms with Gasteiger partial charge in [0.05, 0.1) is 14.2 Å². The lowest BCUT2D eigenvalue weighted by atomic mass is 10.0. The summed E-state index contributed by atoms with van der Waals surface area (Å²) in [4.78, 5) is 0. The van der Waals surface area contributed by atoms with Crippen molar-refractivity contribution in [1.82, 2.24) is 0 Å². The van der Waals surface area contributed by atoms with Crippen LogP contribution in [0.25, 0.3) is 0 Å². The Balaban J connectivity index is 0.00000144. The van der Waals surface area contributed by atoms with Crippen molar-refractivity contribution in [3.05, 3.63) is 23.3 Å². The van der Waals surface area contributed by atoms with Crippen LogP contribution < -0.4 is 33.5 Å². The predicted octanol–water partition coefficient (Wildman–Crippen LogP) is -1.28. The lowest BCUT2D eigenvalue weighted by Crippen LogP contribution is -3.00. The van der Waals surface area contributed by atoms with Gasteiger partial charge in [-0.25, -0.2) is 4.58 Å². The first-order valence-electron chi connectivity index (χ1n) is 5.62. The number of rotatable bonds is 3. The minimum absolute atomic E-state index is 0. The highest BCUT2D eigenvalue weighted by molar-refractivity contribution is 5.80. The fourth-order valence-corrected chi connectivity index (χ4v) is 2.05. The largest absolute Gasteiger partial charge is 1.00 e. The lowest BCUT2D eigenvalue weighted by Gasteiger charge is -2.15. The molecule has 1 aliphatic heterocycles. The number of benzene rings is 1. The van der Waals surface area contributed by atoms with Crippen molar-refractivity contribution < 1.29 is 38.0 Å². The Morgan fingerprint density at radius 2 is 1.82 bits per heavy atom. The topological polar surface area (TPSA) is 21.5 Å². The molecule has 1 aliphatic rings. The van der Waals surface area contributed by atoms with Crippen LogP contribution >= 0.6 is 0 Å². The summed E-state index contributed by atoms with van der Waals surface area (Å²) in [5, 5.41) is 0. The minimum Gasteiger partial charge on any atom is -1.00 e.